The van der Waals surface area contributed by atoms with Gasteiger partial charge < -0.3 is 9.84 Å². The van der Waals surface area contributed by atoms with Crippen molar-refractivity contribution >= 4 is 27.7 Å². The van der Waals surface area contributed by atoms with Crippen LogP contribution in [0, 0.1) is 0 Å². The number of benzene rings is 1. The minimum absolute atomic E-state index is 0.354. The fourth-order valence-electron chi connectivity index (χ4n) is 1.79. The van der Waals surface area contributed by atoms with Crippen LogP contribution in [0.5, 0.6) is 0 Å². The van der Waals surface area contributed by atoms with Crippen LogP contribution in [0.15, 0.2) is 38.2 Å². The number of hydrogen-bond donors (Lipinski definition) is 1. The van der Waals surface area contributed by atoms with Gasteiger partial charge in [-0.25, -0.2) is 0 Å². The Bertz CT molecular complexity index is 529. The van der Waals surface area contributed by atoms with E-state index in [-0.39, 0.29) is 0 Å². The Hall–Kier alpha value is -0.850. The van der Waals surface area contributed by atoms with Crippen LogP contribution in [0.4, 0.5) is 0 Å². The Morgan fingerprint density at radius 3 is 2.80 bits per heavy atom. The van der Waals surface area contributed by atoms with Crippen LogP contribution in [0.1, 0.15) is 25.6 Å². The van der Waals surface area contributed by atoms with Crippen LogP contribution in [0.3, 0.4) is 0 Å². The molecular weight excluding hydrogens is 338 g/mol. The summed E-state index contributed by atoms with van der Waals surface area (Å²) in [7, 11) is 0. The highest BCUT2D eigenvalue weighted by Gasteiger charge is 2.10. The molecule has 0 fully saturated rings. The average molecular weight is 356 g/mol. The van der Waals surface area contributed by atoms with Gasteiger partial charge in [-0.2, -0.15) is 4.98 Å². The Balaban J connectivity index is 1.85. The maximum Gasteiger partial charge on any atom is 0.228 e. The third-order valence-electron chi connectivity index (χ3n) is 2.73. The molecule has 1 N–H and O–H groups in total. The van der Waals surface area contributed by atoms with E-state index in [4.69, 9.17) is 4.52 Å². The lowest BCUT2D eigenvalue weighted by Crippen LogP contribution is -2.27. The molecule has 6 heteroatoms. The Morgan fingerprint density at radius 1 is 1.35 bits per heavy atom. The van der Waals surface area contributed by atoms with Crippen molar-refractivity contribution in [3.05, 3.63) is 40.5 Å². The third-order valence-corrected chi connectivity index (χ3v) is 4.26. The molecule has 20 heavy (non-hydrogen) atoms. The first-order chi connectivity index (χ1) is 9.67. The van der Waals surface area contributed by atoms with Gasteiger partial charge in [-0.1, -0.05) is 28.0 Å². The largest absolute Gasteiger partial charge is 0.339 e. The Morgan fingerprint density at radius 2 is 2.10 bits per heavy atom. The van der Waals surface area contributed by atoms with Crippen LogP contribution in [0.25, 0.3) is 0 Å². The summed E-state index contributed by atoms with van der Waals surface area (Å²) >= 11 is 5.13. The summed E-state index contributed by atoms with van der Waals surface area (Å²) in [5.41, 5.74) is 0. The van der Waals surface area contributed by atoms with Gasteiger partial charge in [0.05, 0.1) is 5.75 Å². The summed E-state index contributed by atoms with van der Waals surface area (Å²) in [6.45, 7) is 5.15. The zero-order chi connectivity index (χ0) is 14.4. The molecule has 1 heterocycles. The van der Waals surface area contributed by atoms with E-state index in [0.717, 1.165) is 29.0 Å². The highest BCUT2D eigenvalue weighted by Crippen LogP contribution is 2.23. The number of nitrogens with one attached hydrogen (secondary N) is 1. The normalized spacial score (nSPS) is 12.6. The summed E-state index contributed by atoms with van der Waals surface area (Å²) in [4.78, 5) is 5.61. The Kier molecular flexibility index (Phi) is 6.06. The fourth-order valence-corrected chi connectivity index (χ4v) is 2.80. The summed E-state index contributed by atoms with van der Waals surface area (Å²) in [6, 6.07) is 8.56. The predicted octanol–water partition coefficient (Wildman–Crippen LogP) is 3.66. The van der Waals surface area contributed by atoms with Crippen molar-refractivity contribution in [2.24, 2.45) is 0 Å². The molecule has 108 valence electrons. The van der Waals surface area contributed by atoms with Crippen LogP contribution in [0.2, 0.25) is 0 Å². The molecule has 1 atom stereocenters. The van der Waals surface area contributed by atoms with Gasteiger partial charge in [-0.3, -0.25) is 0 Å². The second-order valence-corrected chi connectivity index (χ2v) is 6.47. The minimum atomic E-state index is 0.354. The van der Waals surface area contributed by atoms with Gasteiger partial charge >= 0.3 is 0 Å². The van der Waals surface area contributed by atoms with Crippen molar-refractivity contribution in [2.45, 2.75) is 37.0 Å². The van der Waals surface area contributed by atoms with E-state index in [9.17, 15) is 0 Å². The average Bonchev–Trinajstić information content (AvgIpc) is 2.86. The van der Waals surface area contributed by atoms with Crippen LogP contribution >= 0.6 is 27.7 Å². The number of likely N-dealkylation sites (N-methyl/N-ethyl adjacent to an activating group) is 1. The molecule has 0 bridgehead atoms. The van der Waals surface area contributed by atoms with Crippen molar-refractivity contribution in [3.63, 3.8) is 0 Å². The van der Waals surface area contributed by atoms with Gasteiger partial charge in [0, 0.05) is 21.8 Å². The molecule has 0 amide bonds. The zero-order valence-electron chi connectivity index (χ0n) is 11.6. The lowest BCUT2D eigenvalue weighted by atomic mass is 10.2. The minimum Gasteiger partial charge on any atom is -0.339 e. The molecule has 4 nitrogen and oxygen atoms in total. The third kappa shape index (κ3) is 4.92. The SMILES string of the molecule is CCNC(C)Cc1nc(CSc2ccc(Br)cc2)no1. The zero-order valence-corrected chi connectivity index (χ0v) is 14.0. The molecule has 1 unspecified atom stereocenters. The number of rotatable bonds is 7. The molecule has 1 aromatic heterocycles. The molecule has 0 aliphatic heterocycles. The lowest BCUT2D eigenvalue weighted by Gasteiger charge is -2.07. The van der Waals surface area contributed by atoms with Crippen molar-refractivity contribution in [3.8, 4) is 0 Å². The quantitative estimate of drug-likeness (QED) is 0.768. The molecule has 0 aliphatic rings. The van der Waals surface area contributed by atoms with Crippen LogP contribution in [-0.4, -0.2) is 22.7 Å². The fraction of sp³-hybridized carbons (Fsp3) is 0.429. The summed E-state index contributed by atoms with van der Waals surface area (Å²) in [6.07, 6.45) is 0.768. The van der Waals surface area contributed by atoms with Gasteiger partial charge in [0.2, 0.25) is 5.89 Å². The van der Waals surface area contributed by atoms with Crippen molar-refractivity contribution in [1.29, 1.82) is 0 Å². The van der Waals surface area contributed by atoms with Crippen LogP contribution < -0.4 is 5.32 Å². The second-order valence-electron chi connectivity index (χ2n) is 4.51. The van der Waals surface area contributed by atoms with Crippen molar-refractivity contribution < 1.29 is 4.52 Å². The molecule has 2 aromatic rings. The molecular formula is C14H18BrN3OS. The first-order valence-electron chi connectivity index (χ1n) is 6.60. The molecule has 0 spiro atoms. The number of nitrogens with zero attached hydrogens (tertiary/aromatic N) is 2. The van der Waals surface area contributed by atoms with Gasteiger partial charge in [0.1, 0.15) is 0 Å². The first kappa shape index (κ1) is 15.5. The highest BCUT2D eigenvalue weighted by molar-refractivity contribution is 9.10. The maximum absolute atomic E-state index is 5.27. The second kappa shape index (κ2) is 7.81. The predicted molar refractivity (Wildman–Crippen MR) is 84.8 cm³/mol. The number of halogens is 1. The first-order valence-corrected chi connectivity index (χ1v) is 8.38. The lowest BCUT2D eigenvalue weighted by molar-refractivity contribution is 0.359. The molecule has 2 rings (SSSR count). The van der Waals surface area contributed by atoms with E-state index >= 15 is 0 Å². The molecule has 0 saturated heterocycles. The summed E-state index contributed by atoms with van der Waals surface area (Å²) in [5.74, 6) is 2.17. The maximum atomic E-state index is 5.27. The Labute approximate surface area is 131 Å². The van der Waals surface area contributed by atoms with Crippen molar-refractivity contribution in [1.82, 2.24) is 15.5 Å². The summed E-state index contributed by atoms with van der Waals surface area (Å²) in [5, 5.41) is 7.35. The van der Waals surface area contributed by atoms with E-state index < -0.39 is 0 Å². The van der Waals surface area contributed by atoms with E-state index in [2.05, 4.69) is 57.4 Å². The van der Waals surface area contributed by atoms with E-state index in [0.29, 0.717) is 11.9 Å². The molecule has 0 aliphatic carbocycles. The van der Waals surface area contributed by atoms with Gasteiger partial charge in [-0.05, 0) is 37.7 Å². The van der Waals surface area contributed by atoms with E-state index in [1.807, 2.05) is 12.1 Å². The topological polar surface area (TPSA) is 51.0 Å². The van der Waals surface area contributed by atoms with Gasteiger partial charge in [-0.15, -0.1) is 11.8 Å². The highest BCUT2D eigenvalue weighted by atomic mass is 79.9. The molecule has 0 radical (unpaired) electrons. The summed E-state index contributed by atoms with van der Waals surface area (Å²) < 4.78 is 6.35. The van der Waals surface area contributed by atoms with Gasteiger partial charge in [0.25, 0.3) is 0 Å². The van der Waals surface area contributed by atoms with Crippen molar-refractivity contribution in [2.75, 3.05) is 6.54 Å². The van der Waals surface area contributed by atoms with E-state index in [1.165, 1.54) is 4.90 Å². The van der Waals surface area contributed by atoms with Gasteiger partial charge in [0.15, 0.2) is 5.82 Å². The molecule has 1 aromatic carbocycles. The van der Waals surface area contributed by atoms with Crippen LogP contribution in [-0.2, 0) is 12.2 Å². The monoisotopic (exact) mass is 355 g/mol. The standard InChI is InChI=1S/C14H18BrN3OS/c1-3-16-10(2)8-14-17-13(18-19-14)9-20-12-6-4-11(15)5-7-12/h4-7,10,16H,3,8-9H2,1-2H3. The number of aromatic nitrogens is 2. The number of thioether (sulfide) groups is 1. The molecule has 0 saturated carbocycles. The van der Waals surface area contributed by atoms with E-state index in [1.54, 1.807) is 11.8 Å². The number of hydrogen-bond acceptors (Lipinski definition) is 5. The smallest absolute Gasteiger partial charge is 0.228 e.